The van der Waals surface area contributed by atoms with Crippen molar-refractivity contribution in [2.24, 2.45) is 0 Å². The van der Waals surface area contributed by atoms with Crippen molar-refractivity contribution in [1.29, 1.82) is 0 Å². The molecule has 0 radical (unpaired) electrons. The number of hydrogen-bond acceptors (Lipinski definition) is 5. The topological polar surface area (TPSA) is 94.4 Å². The Morgan fingerprint density at radius 2 is 1.90 bits per heavy atom. The van der Waals surface area contributed by atoms with Crippen molar-refractivity contribution < 1.29 is 18.8 Å². The molecule has 1 amide bonds. The van der Waals surface area contributed by atoms with Gasteiger partial charge in [-0.25, -0.2) is 4.39 Å². The first-order valence-corrected chi connectivity index (χ1v) is 8.87. The van der Waals surface area contributed by atoms with Crippen LogP contribution < -0.4 is 10.1 Å². The van der Waals surface area contributed by atoms with Gasteiger partial charge in [-0.15, -0.1) is 0 Å². The van der Waals surface area contributed by atoms with E-state index in [-0.39, 0.29) is 23.8 Å². The minimum Gasteiger partial charge on any atom is -0.494 e. The van der Waals surface area contributed by atoms with Gasteiger partial charge in [-0.1, -0.05) is 6.07 Å². The number of methoxy groups -OCH3 is 1. The van der Waals surface area contributed by atoms with E-state index >= 15 is 0 Å². The fourth-order valence-corrected chi connectivity index (χ4v) is 3.40. The van der Waals surface area contributed by atoms with Crippen LogP contribution >= 0.6 is 0 Å². The predicted octanol–water partition coefficient (Wildman–Crippen LogP) is 4.36. The molecule has 3 aromatic rings. The SMILES string of the molecule is COc1cc(-c2cncc(-c3cc([N+](=O)[O-])cc4c3NC(=O)CC4)c2)ccc1F. The molecule has 0 unspecified atom stereocenters. The second-order valence-electron chi connectivity index (χ2n) is 6.64. The molecule has 2 aromatic carbocycles. The summed E-state index contributed by atoms with van der Waals surface area (Å²) in [5.74, 6) is -0.510. The number of amides is 1. The van der Waals surface area contributed by atoms with Crippen LogP contribution in [0.1, 0.15) is 12.0 Å². The molecule has 8 heteroatoms. The second-order valence-corrected chi connectivity index (χ2v) is 6.64. The highest BCUT2D eigenvalue weighted by Crippen LogP contribution is 2.39. The first kappa shape index (κ1) is 18.5. The molecule has 0 aliphatic carbocycles. The molecule has 1 aliphatic heterocycles. The number of nitrogens with one attached hydrogen (secondary N) is 1. The third kappa shape index (κ3) is 3.52. The summed E-state index contributed by atoms with van der Waals surface area (Å²) in [6.45, 7) is 0. The number of fused-ring (bicyclic) bond motifs is 1. The van der Waals surface area contributed by atoms with E-state index in [4.69, 9.17) is 4.74 Å². The summed E-state index contributed by atoms with van der Waals surface area (Å²) in [5, 5.41) is 14.2. The number of hydrogen-bond donors (Lipinski definition) is 1. The molecule has 0 bridgehead atoms. The van der Waals surface area contributed by atoms with Crippen LogP contribution in [0.25, 0.3) is 22.3 Å². The number of rotatable bonds is 4. The summed E-state index contributed by atoms with van der Waals surface area (Å²) in [6, 6.07) is 9.16. The molecule has 1 N–H and O–H groups in total. The molecule has 0 fully saturated rings. The number of nitro benzene ring substituents is 1. The van der Waals surface area contributed by atoms with Gasteiger partial charge in [0.1, 0.15) is 0 Å². The molecule has 0 saturated heterocycles. The maximum absolute atomic E-state index is 13.7. The van der Waals surface area contributed by atoms with Crippen LogP contribution in [0.5, 0.6) is 5.75 Å². The van der Waals surface area contributed by atoms with E-state index in [1.54, 1.807) is 30.6 Å². The van der Waals surface area contributed by atoms with E-state index in [1.165, 1.54) is 25.3 Å². The van der Waals surface area contributed by atoms with Gasteiger partial charge in [0.05, 0.1) is 17.7 Å². The van der Waals surface area contributed by atoms with E-state index < -0.39 is 10.7 Å². The molecular formula is C21H16FN3O4. The number of aromatic nitrogens is 1. The zero-order chi connectivity index (χ0) is 20.5. The van der Waals surface area contributed by atoms with Crippen LogP contribution in [0.3, 0.4) is 0 Å². The molecule has 0 spiro atoms. The van der Waals surface area contributed by atoms with Crippen LogP contribution in [-0.4, -0.2) is 22.9 Å². The van der Waals surface area contributed by atoms with Gasteiger partial charge in [0, 0.05) is 47.6 Å². The number of carbonyl (C=O) groups is 1. The van der Waals surface area contributed by atoms with Gasteiger partial charge in [0.25, 0.3) is 5.69 Å². The molecule has 1 aliphatic rings. The highest BCUT2D eigenvalue weighted by Gasteiger charge is 2.23. The van der Waals surface area contributed by atoms with Crippen LogP contribution in [0.4, 0.5) is 15.8 Å². The summed E-state index contributed by atoms with van der Waals surface area (Å²) in [5.41, 5.74) is 3.71. The minimum absolute atomic E-state index is 0.0521. The zero-order valence-corrected chi connectivity index (χ0v) is 15.4. The highest BCUT2D eigenvalue weighted by molar-refractivity contribution is 5.99. The summed E-state index contributed by atoms with van der Waals surface area (Å²) in [7, 11) is 1.38. The molecule has 146 valence electrons. The Morgan fingerprint density at radius 1 is 1.10 bits per heavy atom. The van der Waals surface area contributed by atoms with Crippen LogP contribution in [-0.2, 0) is 11.2 Å². The van der Waals surface area contributed by atoms with E-state index in [0.29, 0.717) is 39.9 Å². The normalized spacial score (nSPS) is 12.8. The fourth-order valence-electron chi connectivity index (χ4n) is 3.40. The van der Waals surface area contributed by atoms with E-state index in [2.05, 4.69) is 10.3 Å². The molecule has 0 saturated carbocycles. The Hall–Kier alpha value is -3.81. The number of halogens is 1. The summed E-state index contributed by atoms with van der Waals surface area (Å²) in [6.07, 6.45) is 3.89. The van der Waals surface area contributed by atoms with E-state index in [0.717, 1.165) is 0 Å². The first-order valence-electron chi connectivity index (χ1n) is 8.87. The molecule has 29 heavy (non-hydrogen) atoms. The summed E-state index contributed by atoms with van der Waals surface area (Å²) in [4.78, 5) is 27.1. The number of pyridine rings is 1. The van der Waals surface area contributed by atoms with Crippen molar-refractivity contribution in [2.75, 3.05) is 12.4 Å². The second kappa shape index (κ2) is 7.31. The lowest BCUT2D eigenvalue weighted by Crippen LogP contribution is -2.20. The van der Waals surface area contributed by atoms with Crippen LogP contribution in [0, 0.1) is 15.9 Å². The maximum atomic E-state index is 13.7. The van der Waals surface area contributed by atoms with Gasteiger partial charge in [-0.05, 0) is 35.7 Å². The largest absolute Gasteiger partial charge is 0.494 e. The van der Waals surface area contributed by atoms with E-state index in [9.17, 15) is 19.3 Å². The standard InChI is InChI=1S/C21H16FN3O4/c1-29-19-8-12(2-4-18(19)22)14-6-15(11-23-10-14)17-9-16(25(27)28)7-13-3-5-20(26)24-21(13)17/h2,4,6-11H,3,5H2,1H3,(H,24,26). The minimum atomic E-state index is -0.476. The quantitative estimate of drug-likeness (QED) is 0.525. The Balaban J connectivity index is 1.86. The average Bonchev–Trinajstić information content (AvgIpc) is 2.73. The molecule has 1 aromatic heterocycles. The van der Waals surface area contributed by atoms with Crippen molar-refractivity contribution in [3.05, 3.63) is 70.3 Å². The van der Waals surface area contributed by atoms with Crippen molar-refractivity contribution >= 4 is 17.3 Å². The number of aryl methyl sites for hydroxylation is 1. The molecule has 4 rings (SSSR count). The Bertz CT molecular complexity index is 1150. The zero-order valence-electron chi connectivity index (χ0n) is 15.4. The number of nitrogens with zero attached hydrogens (tertiary/aromatic N) is 2. The van der Waals surface area contributed by atoms with Crippen LogP contribution in [0.2, 0.25) is 0 Å². The molecule has 2 heterocycles. The lowest BCUT2D eigenvalue weighted by atomic mass is 9.93. The predicted molar refractivity (Wildman–Crippen MR) is 105 cm³/mol. The molecular weight excluding hydrogens is 377 g/mol. The number of benzene rings is 2. The Morgan fingerprint density at radius 3 is 2.66 bits per heavy atom. The highest BCUT2D eigenvalue weighted by atomic mass is 19.1. The number of nitro groups is 1. The summed E-state index contributed by atoms with van der Waals surface area (Å²) < 4.78 is 18.8. The number of ether oxygens (including phenoxy) is 1. The van der Waals surface area contributed by atoms with Crippen LogP contribution in [0.15, 0.2) is 48.8 Å². The molecule has 0 atom stereocenters. The maximum Gasteiger partial charge on any atom is 0.270 e. The third-order valence-corrected chi connectivity index (χ3v) is 4.84. The van der Waals surface area contributed by atoms with Crippen molar-refractivity contribution in [3.8, 4) is 28.0 Å². The van der Waals surface area contributed by atoms with Gasteiger partial charge in [-0.3, -0.25) is 19.9 Å². The van der Waals surface area contributed by atoms with E-state index in [1.807, 2.05) is 0 Å². The van der Waals surface area contributed by atoms with Crippen molar-refractivity contribution in [3.63, 3.8) is 0 Å². The average molecular weight is 393 g/mol. The number of anilines is 1. The fraction of sp³-hybridized carbons (Fsp3) is 0.143. The monoisotopic (exact) mass is 393 g/mol. The van der Waals surface area contributed by atoms with Gasteiger partial charge in [0.15, 0.2) is 11.6 Å². The van der Waals surface area contributed by atoms with Gasteiger partial charge in [0.2, 0.25) is 5.91 Å². The van der Waals surface area contributed by atoms with Gasteiger partial charge in [-0.2, -0.15) is 0 Å². The van der Waals surface area contributed by atoms with Gasteiger partial charge >= 0.3 is 0 Å². The summed E-state index contributed by atoms with van der Waals surface area (Å²) >= 11 is 0. The number of carbonyl (C=O) groups excluding carboxylic acids is 1. The third-order valence-electron chi connectivity index (χ3n) is 4.84. The molecule has 7 nitrogen and oxygen atoms in total. The lowest BCUT2D eigenvalue weighted by Gasteiger charge is -2.20. The van der Waals surface area contributed by atoms with Crippen molar-refractivity contribution in [2.45, 2.75) is 12.8 Å². The Kier molecular flexibility index (Phi) is 4.67. The smallest absolute Gasteiger partial charge is 0.270 e. The van der Waals surface area contributed by atoms with Crippen molar-refractivity contribution in [1.82, 2.24) is 4.98 Å². The Labute approximate surface area is 165 Å². The first-order chi connectivity index (χ1) is 14.0. The number of non-ortho nitro benzene ring substituents is 1. The van der Waals surface area contributed by atoms with Gasteiger partial charge < -0.3 is 10.1 Å². The lowest BCUT2D eigenvalue weighted by molar-refractivity contribution is -0.384.